The number of benzene rings is 1. The van der Waals surface area contributed by atoms with Crippen LogP contribution in [-0.4, -0.2) is 23.8 Å². The number of fused-ring (bicyclic) bond motifs is 1. The van der Waals surface area contributed by atoms with Crippen LogP contribution >= 0.6 is 0 Å². The molecule has 3 N–H and O–H groups in total. The average molecular weight is 276 g/mol. The summed E-state index contributed by atoms with van der Waals surface area (Å²) in [5.41, 5.74) is 2.57. The van der Waals surface area contributed by atoms with Crippen LogP contribution in [0.25, 0.3) is 0 Å². The van der Waals surface area contributed by atoms with Gasteiger partial charge in [0.1, 0.15) is 0 Å². The molecule has 0 bridgehead atoms. The molecule has 0 heterocycles. The molecule has 110 valence electrons. The number of hydrogen-bond acceptors (Lipinski definition) is 2. The van der Waals surface area contributed by atoms with E-state index in [4.69, 9.17) is 5.11 Å². The number of aliphatic hydroxyl groups is 1. The minimum absolute atomic E-state index is 0.0193. The normalized spacial score (nSPS) is 22.8. The number of carbonyl (C=O) groups excluding carboxylic acids is 1. The van der Waals surface area contributed by atoms with Crippen LogP contribution in [0.15, 0.2) is 24.3 Å². The smallest absolute Gasteiger partial charge is 0.315 e. The van der Waals surface area contributed by atoms with Crippen molar-refractivity contribution in [1.82, 2.24) is 10.6 Å². The Labute approximate surface area is 120 Å². The molecule has 1 aliphatic carbocycles. The Morgan fingerprint density at radius 1 is 1.45 bits per heavy atom. The fourth-order valence-electron chi connectivity index (χ4n) is 2.81. The molecule has 0 aliphatic heterocycles. The molecule has 0 saturated carbocycles. The lowest BCUT2D eigenvalue weighted by atomic mass is 9.81. The summed E-state index contributed by atoms with van der Waals surface area (Å²) in [5, 5.41) is 14.8. The largest absolute Gasteiger partial charge is 0.396 e. The van der Waals surface area contributed by atoms with Crippen molar-refractivity contribution in [3.8, 4) is 0 Å². The molecular weight excluding hydrogens is 252 g/mol. The number of carbonyl (C=O) groups is 1. The van der Waals surface area contributed by atoms with E-state index in [2.05, 4.69) is 35.8 Å². The lowest BCUT2D eigenvalue weighted by Crippen LogP contribution is -2.45. The highest BCUT2D eigenvalue weighted by molar-refractivity contribution is 5.75. The van der Waals surface area contributed by atoms with E-state index in [0.717, 1.165) is 12.8 Å². The van der Waals surface area contributed by atoms with E-state index in [1.807, 2.05) is 13.0 Å². The summed E-state index contributed by atoms with van der Waals surface area (Å²) < 4.78 is 0. The third-order valence-corrected chi connectivity index (χ3v) is 4.05. The second-order valence-electron chi connectivity index (χ2n) is 5.72. The van der Waals surface area contributed by atoms with Crippen molar-refractivity contribution in [3.63, 3.8) is 0 Å². The van der Waals surface area contributed by atoms with Gasteiger partial charge in [-0.15, -0.1) is 0 Å². The Kier molecular flexibility index (Phi) is 5.01. The third-order valence-electron chi connectivity index (χ3n) is 4.05. The van der Waals surface area contributed by atoms with Crippen LogP contribution in [0.2, 0.25) is 0 Å². The second kappa shape index (κ2) is 6.75. The maximum absolute atomic E-state index is 12.0. The molecule has 1 aromatic carbocycles. The topological polar surface area (TPSA) is 61.4 Å². The summed E-state index contributed by atoms with van der Waals surface area (Å²) in [5.74, 6) is 0.434. The summed E-state index contributed by atoms with van der Waals surface area (Å²) in [4.78, 5) is 12.0. The van der Waals surface area contributed by atoms with Crippen molar-refractivity contribution in [1.29, 1.82) is 0 Å². The fourth-order valence-corrected chi connectivity index (χ4v) is 2.81. The highest BCUT2D eigenvalue weighted by Crippen LogP contribution is 2.33. The first-order valence-electron chi connectivity index (χ1n) is 7.37. The molecule has 2 amide bonds. The predicted molar refractivity (Wildman–Crippen MR) is 79.5 cm³/mol. The SMILES string of the molecule is CC(CCO)NC(=O)NC1c2ccccc2CCC1C. The number of rotatable bonds is 4. The number of aliphatic hydroxyl groups excluding tert-OH is 1. The van der Waals surface area contributed by atoms with Gasteiger partial charge in [0.25, 0.3) is 0 Å². The molecule has 3 atom stereocenters. The zero-order valence-electron chi connectivity index (χ0n) is 12.2. The molecule has 0 spiro atoms. The van der Waals surface area contributed by atoms with Crippen molar-refractivity contribution < 1.29 is 9.90 Å². The maximum atomic E-state index is 12.0. The molecule has 2 rings (SSSR count). The van der Waals surface area contributed by atoms with E-state index >= 15 is 0 Å². The van der Waals surface area contributed by atoms with Crippen LogP contribution in [0.1, 0.15) is 43.9 Å². The minimum atomic E-state index is -0.153. The van der Waals surface area contributed by atoms with Gasteiger partial charge in [0, 0.05) is 12.6 Å². The number of aryl methyl sites for hydroxylation is 1. The minimum Gasteiger partial charge on any atom is -0.396 e. The summed E-state index contributed by atoms with van der Waals surface area (Å²) in [6, 6.07) is 8.22. The van der Waals surface area contributed by atoms with Crippen LogP contribution in [0.5, 0.6) is 0 Å². The van der Waals surface area contributed by atoms with Crippen LogP contribution in [-0.2, 0) is 6.42 Å². The van der Waals surface area contributed by atoms with Gasteiger partial charge in [-0.1, -0.05) is 31.2 Å². The van der Waals surface area contributed by atoms with Crippen molar-refractivity contribution in [3.05, 3.63) is 35.4 Å². The standard InChI is InChI=1S/C16H24N2O2/c1-11-7-8-13-5-3-4-6-14(13)15(11)18-16(20)17-12(2)9-10-19/h3-6,11-12,15,19H,7-10H2,1-2H3,(H2,17,18,20). The average Bonchev–Trinajstić information content (AvgIpc) is 2.42. The summed E-state index contributed by atoms with van der Waals surface area (Å²) in [6.45, 7) is 4.16. The predicted octanol–water partition coefficient (Wildman–Crippen LogP) is 2.38. The van der Waals surface area contributed by atoms with Gasteiger partial charge in [-0.05, 0) is 43.2 Å². The monoisotopic (exact) mass is 276 g/mol. The van der Waals surface area contributed by atoms with E-state index in [-0.39, 0.29) is 24.7 Å². The van der Waals surface area contributed by atoms with Crippen LogP contribution in [0.4, 0.5) is 4.79 Å². The quantitative estimate of drug-likeness (QED) is 0.790. The van der Waals surface area contributed by atoms with Gasteiger partial charge in [-0.25, -0.2) is 4.79 Å². The van der Waals surface area contributed by atoms with Gasteiger partial charge in [0.05, 0.1) is 6.04 Å². The molecule has 20 heavy (non-hydrogen) atoms. The highest BCUT2D eigenvalue weighted by Gasteiger charge is 2.27. The van der Waals surface area contributed by atoms with Crippen molar-refractivity contribution >= 4 is 6.03 Å². The lowest BCUT2D eigenvalue weighted by Gasteiger charge is -2.32. The molecule has 0 radical (unpaired) electrons. The molecule has 0 saturated heterocycles. The van der Waals surface area contributed by atoms with E-state index in [1.165, 1.54) is 11.1 Å². The molecule has 0 fully saturated rings. The van der Waals surface area contributed by atoms with Crippen molar-refractivity contribution in [2.45, 2.75) is 45.2 Å². The first-order chi connectivity index (χ1) is 9.61. The number of hydrogen-bond donors (Lipinski definition) is 3. The van der Waals surface area contributed by atoms with E-state index in [0.29, 0.717) is 12.3 Å². The summed E-state index contributed by atoms with van der Waals surface area (Å²) in [7, 11) is 0. The van der Waals surface area contributed by atoms with Crippen molar-refractivity contribution in [2.75, 3.05) is 6.61 Å². The molecular formula is C16H24N2O2. The molecule has 0 aromatic heterocycles. The Hall–Kier alpha value is -1.55. The van der Waals surface area contributed by atoms with Gasteiger partial charge in [0.15, 0.2) is 0 Å². The number of nitrogens with one attached hydrogen (secondary N) is 2. The lowest BCUT2D eigenvalue weighted by molar-refractivity contribution is 0.221. The van der Waals surface area contributed by atoms with E-state index < -0.39 is 0 Å². The molecule has 3 unspecified atom stereocenters. The second-order valence-corrected chi connectivity index (χ2v) is 5.72. The highest BCUT2D eigenvalue weighted by atomic mass is 16.3. The zero-order chi connectivity index (χ0) is 14.5. The van der Waals surface area contributed by atoms with Crippen LogP contribution < -0.4 is 10.6 Å². The Morgan fingerprint density at radius 3 is 2.95 bits per heavy atom. The molecule has 4 heteroatoms. The Morgan fingerprint density at radius 2 is 2.20 bits per heavy atom. The number of urea groups is 1. The Balaban J connectivity index is 2.03. The van der Waals surface area contributed by atoms with Crippen molar-refractivity contribution in [2.24, 2.45) is 5.92 Å². The van der Waals surface area contributed by atoms with Crippen LogP contribution in [0.3, 0.4) is 0 Å². The molecule has 4 nitrogen and oxygen atoms in total. The molecule has 1 aliphatic rings. The first kappa shape index (κ1) is 14.9. The van der Waals surface area contributed by atoms with Gasteiger partial charge < -0.3 is 15.7 Å². The summed E-state index contributed by atoms with van der Waals surface area (Å²) >= 11 is 0. The maximum Gasteiger partial charge on any atom is 0.315 e. The number of amides is 2. The third kappa shape index (κ3) is 3.51. The van der Waals surface area contributed by atoms with Gasteiger partial charge in [0.2, 0.25) is 0 Å². The fraction of sp³-hybridized carbons (Fsp3) is 0.562. The molecule has 1 aromatic rings. The first-order valence-corrected chi connectivity index (χ1v) is 7.37. The van der Waals surface area contributed by atoms with E-state index in [1.54, 1.807) is 0 Å². The zero-order valence-corrected chi connectivity index (χ0v) is 12.2. The Bertz CT molecular complexity index is 462. The summed E-state index contributed by atoms with van der Waals surface area (Å²) in [6.07, 6.45) is 2.75. The van der Waals surface area contributed by atoms with Crippen LogP contribution in [0, 0.1) is 5.92 Å². The van der Waals surface area contributed by atoms with Gasteiger partial charge >= 0.3 is 6.03 Å². The van der Waals surface area contributed by atoms with E-state index in [9.17, 15) is 4.79 Å². The van der Waals surface area contributed by atoms with Gasteiger partial charge in [-0.2, -0.15) is 0 Å². The van der Waals surface area contributed by atoms with Gasteiger partial charge in [-0.3, -0.25) is 0 Å².